The lowest BCUT2D eigenvalue weighted by molar-refractivity contribution is 0.0630. The third kappa shape index (κ3) is 5.30. The molecule has 1 amide bonds. The number of thiophene rings is 1. The molecule has 0 bridgehead atoms. The molecule has 1 saturated heterocycles. The van der Waals surface area contributed by atoms with Crippen LogP contribution in [0.2, 0.25) is 0 Å². The van der Waals surface area contributed by atoms with Crippen molar-refractivity contribution in [2.24, 2.45) is 0 Å². The molecule has 1 aliphatic rings. The van der Waals surface area contributed by atoms with Crippen LogP contribution in [0, 0.1) is 6.92 Å². The Morgan fingerprint density at radius 2 is 2.14 bits per heavy atom. The molecule has 1 unspecified atom stereocenters. The van der Waals surface area contributed by atoms with Gasteiger partial charge >= 0.3 is 0 Å². The Morgan fingerprint density at radius 1 is 1.31 bits per heavy atom. The number of hydrogen-bond acceptors (Lipinski definition) is 8. The van der Waals surface area contributed by atoms with Crippen molar-refractivity contribution >= 4 is 34.2 Å². The Bertz CT molecular complexity index is 1370. The minimum atomic E-state index is -1.00. The lowest BCUT2D eigenvalue weighted by atomic mass is 10.1. The minimum Gasteiger partial charge on any atom is -0.440 e. The zero-order valence-corrected chi connectivity index (χ0v) is 20.8. The quantitative estimate of drug-likeness (QED) is 0.358. The zero-order valence-electron chi connectivity index (χ0n) is 20.0. The molecule has 0 saturated carbocycles. The van der Waals surface area contributed by atoms with Gasteiger partial charge in [-0.05, 0) is 50.1 Å². The second kappa shape index (κ2) is 9.19. The molecule has 0 aliphatic carbocycles. The predicted molar refractivity (Wildman–Crippen MR) is 134 cm³/mol. The maximum absolute atomic E-state index is 13.1. The largest absolute Gasteiger partial charge is 0.440 e. The average molecular weight is 496 g/mol. The molecule has 4 heterocycles. The average Bonchev–Trinajstić information content (AvgIpc) is 3.56. The Morgan fingerprint density at radius 3 is 2.83 bits per heavy atom. The van der Waals surface area contributed by atoms with E-state index in [2.05, 4.69) is 15.2 Å². The summed E-state index contributed by atoms with van der Waals surface area (Å²) in [5.41, 5.74) is 1.66. The van der Waals surface area contributed by atoms with Crippen LogP contribution >= 0.6 is 11.3 Å². The van der Waals surface area contributed by atoms with Crippen molar-refractivity contribution in [3.8, 4) is 10.6 Å². The number of β-amino-alcohol motifs (C(OH)–C–C–N with tert-alkyl or cyclic N) is 1. The first kappa shape index (κ1) is 23.7. The fourth-order valence-electron chi connectivity index (χ4n) is 4.36. The lowest BCUT2D eigenvalue weighted by Gasteiger charge is -2.20. The Hall–Kier alpha value is -3.05. The number of carbonyl (C=O) groups is 1. The van der Waals surface area contributed by atoms with E-state index in [1.807, 2.05) is 28.8 Å². The first-order valence-electron chi connectivity index (χ1n) is 11.6. The molecule has 184 valence electrons. The van der Waals surface area contributed by atoms with Crippen molar-refractivity contribution in [1.82, 2.24) is 19.4 Å². The van der Waals surface area contributed by atoms with Crippen molar-refractivity contribution in [2.75, 3.05) is 18.4 Å². The normalized spacial score (nSPS) is 16.9. The smallest absolute Gasteiger partial charge is 0.268 e. The van der Waals surface area contributed by atoms with Crippen molar-refractivity contribution in [2.45, 2.75) is 52.0 Å². The van der Waals surface area contributed by atoms with Gasteiger partial charge in [-0.15, -0.1) is 11.3 Å². The van der Waals surface area contributed by atoms with E-state index in [1.165, 1.54) is 11.3 Å². The van der Waals surface area contributed by atoms with E-state index >= 15 is 0 Å². The van der Waals surface area contributed by atoms with Crippen LogP contribution in [0.1, 0.15) is 41.4 Å². The van der Waals surface area contributed by atoms with Crippen LogP contribution in [0.5, 0.6) is 0 Å². The highest BCUT2D eigenvalue weighted by molar-refractivity contribution is 7.17. The molecule has 9 nitrogen and oxygen atoms in total. The van der Waals surface area contributed by atoms with E-state index in [9.17, 15) is 15.0 Å². The highest BCUT2D eigenvalue weighted by Crippen LogP contribution is 2.30. The molecule has 1 aromatic carbocycles. The molecular formula is C25H29N5O4S. The van der Waals surface area contributed by atoms with Gasteiger partial charge in [-0.25, -0.2) is 9.97 Å². The predicted octanol–water partition coefficient (Wildman–Crippen LogP) is 3.65. The van der Waals surface area contributed by atoms with Crippen molar-refractivity contribution < 1.29 is 19.4 Å². The van der Waals surface area contributed by atoms with Gasteiger partial charge < -0.3 is 19.2 Å². The molecule has 4 aromatic rings. The van der Waals surface area contributed by atoms with Crippen LogP contribution in [0.4, 0.5) is 5.95 Å². The van der Waals surface area contributed by atoms with Gasteiger partial charge in [0.25, 0.3) is 5.91 Å². The number of amides is 1. The number of aliphatic hydroxyl groups is 2. The molecule has 5 rings (SSSR count). The molecule has 3 N–H and O–H groups in total. The van der Waals surface area contributed by atoms with E-state index < -0.39 is 5.60 Å². The number of anilines is 1. The number of aromatic nitrogens is 3. The van der Waals surface area contributed by atoms with Crippen LogP contribution in [0.15, 0.2) is 40.9 Å². The fraction of sp³-hybridized carbons (Fsp3) is 0.400. The molecule has 1 aliphatic heterocycles. The van der Waals surface area contributed by atoms with Gasteiger partial charge in [-0.3, -0.25) is 15.0 Å². The SMILES string of the molecule is Cc1ncc(-c2ccc(C(=O)Nc3nc4cc(CN5CCC(O)C5)ccc4n3CC(C)(C)O)s2)o1. The van der Waals surface area contributed by atoms with E-state index in [0.29, 0.717) is 29.0 Å². The Kier molecular flexibility index (Phi) is 6.22. The number of hydrogen-bond donors (Lipinski definition) is 3. The van der Waals surface area contributed by atoms with Gasteiger partial charge in [0.2, 0.25) is 5.95 Å². The van der Waals surface area contributed by atoms with E-state index in [4.69, 9.17) is 9.40 Å². The van der Waals surface area contributed by atoms with Gasteiger partial charge in [0, 0.05) is 26.6 Å². The van der Waals surface area contributed by atoms with Crippen molar-refractivity contribution in [1.29, 1.82) is 0 Å². The Labute approximate surface area is 207 Å². The number of aliphatic hydroxyl groups excluding tert-OH is 1. The van der Waals surface area contributed by atoms with Gasteiger partial charge in [0.05, 0.1) is 45.2 Å². The number of benzene rings is 1. The first-order chi connectivity index (χ1) is 16.6. The molecule has 10 heteroatoms. The van der Waals surface area contributed by atoms with Crippen LogP contribution in [-0.2, 0) is 13.1 Å². The van der Waals surface area contributed by atoms with Gasteiger partial charge in [0.15, 0.2) is 11.7 Å². The minimum absolute atomic E-state index is 0.266. The molecule has 0 radical (unpaired) electrons. The van der Waals surface area contributed by atoms with Gasteiger partial charge in [0.1, 0.15) is 0 Å². The highest BCUT2D eigenvalue weighted by Gasteiger charge is 2.23. The third-order valence-electron chi connectivity index (χ3n) is 5.93. The van der Waals surface area contributed by atoms with Gasteiger partial charge in [-0.1, -0.05) is 6.07 Å². The monoisotopic (exact) mass is 495 g/mol. The summed E-state index contributed by atoms with van der Waals surface area (Å²) in [7, 11) is 0. The van der Waals surface area contributed by atoms with Crippen LogP contribution < -0.4 is 5.32 Å². The maximum atomic E-state index is 13.1. The topological polar surface area (TPSA) is 117 Å². The standard InChI is InChI=1S/C25H29N5O4S/c1-15-26-11-20(34-15)21-6-7-22(35-21)23(32)28-24-27-18-10-16(12-29-9-8-17(31)13-29)4-5-19(18)30(24)14-25(2,3)33/h4-7,10-11,17,31,33H,8-9,12-14H2,1-3H3,(H,27,28,32). The third-order valence-corrected chi connectivity index (χ3v) is 7.03. The van der Waals surface area contributed by atoms with Crippen LogP contribution in [-0.4, -0.2) is 60.3 Å². The summed E-state index contributed by atoms with van der Waals surface area (Å²) in [6.07, 6.45) is 2.17. The summed E-state index contributed by atoms with van der Waals surface area (Å²) in [4.78, 5) is 25.5. The number of nitrogens with one attached hydrogen (secondary N) is 1. The number of likely N-dealkylation sites (tertiary alicyclic amines) is 1. The summed E-state index contributed by atoms with van der Waals surface area (Å²) in [6.45, 7) is 7.76. The van der Waals surface area contributed by atoms with E-state index in [0.717, 1.165) is 41.0 Å². The molecule has 1 fully saturated rings. The molecule has 35 heavy (non-hydrogen) atoms. The van der Waals surface area contributed by atoms with E-state index in [-0.39, 0.29) is 18.6 Å². The number of aryl methyl sites for hydroxylation is 1. The second-order valence-corrected chi connectivity index (χ2v) is 10.8. The van der Waals surface area contributed by atoms with Crippen molar-refractivity contribution in [3.05, 3.63) is 52.9 Å². The molecular weight excluding hydrogens is 466 g/mol. The van der Waals surface area contributed by atoms with E-state index in [1.54, 1.807) is 33.0 Å². The summed E-state index contributed by atoms with van der Waals surface area (Å²) in [5, 5.41) is 23.3. The van der Waals surface area contributed by atoms with Gasteiger partial charge in [-0.2, -0.15) is 0 Å². The fourth-order valence-corrected chi connectivity index (χ4v) is 5.21. The van der Waals surface area contributed by atoms with Crippen LogP contribution in [0.25, 0.3) is 21.7 Å². The summed E-state index contributed by atoms with van der Waals surface area (Å²) >= 11 is 1.31. The number of rotatable bonds is 7. The molecule has 0 spiro atoms. The second-order valence-electron chi connectivity index (χ2n) is 9.70. The molecule has 1 atom stereocenters. The number of nitrogens with zero attached hydrogens (tertiary/aromatic N) is 4. The number of imidazole rings is 1. The number of carbonyl (C=O) groups excluding carboxylic acids is 1. The maximum Gasteiger partial charge on any atom is 0.268 e. The first-order valence-corrected chi connectivity index (χ1v) is 12.4. The Balaban J connectivity index is 1.42. The number of fused-ring (bicyclic) bond motifs is 1. The zero-order chi connectivity index (χ0) is 24.7. The van der Waals surface area contributed by atoms with Crippen molar-refractivity contribution in [3.63, 3.8) is 0 Å². The lowest BCUT2D eigenvalue weighted by Crippen LogP contribution is -2.27. The summed E-state index contributed by atoms with van der Waals surface area (Å²) in [6, 6.07) is 9.60. The summed E-state index contributed by atoms with van der Waals surface area (Å²) < 4.78 is 7.40. The summed E-state index contributed by atoms with van der Waals surface area (Å²) in [5.74, 6) is 1.29. The highest BCUT2D eigenvalue weighted by atomic mass is 32.1. The molecule has 3 aromatic heterocycles. The number of oxazole rings is 1. The van der Waals surface area contributed by atoms with Crippen LogP contribution in [0.3, 0.4) is 0 Å².